The molecule has 9 heteroatoms. The molecule has 32 heavy (non-hydrogen) atoms. The zero-order valence-electron chi connectivity index (χ0n) is 17.9. The number of hydroxylamine groups is 1. The van der Waals surface area contributed by atoms with Crippen LogP contribution in [0.15, 0.2) is 48.5 Å². The molecule has 0 spiro atoms. The Morgan fingerprint density at radius 1 is 1.16 bits per heavy atom. The molecule has 0 saturated carbocycles. The van der Waals surface area contributed by atoms with Gasteiger partial charge in [0.15, 0.2) is 0 Å². The van der Waals surface area contributed by atoms with E-state index in [0.29, 0.717) is 11.8 Å². The van der Waals surface area contributed by atoms with Crippen molar-refractivity contribution in [2.75, 3.05) is 41.6 Å². The Balaban J connectivity index is 1.63. The summed E-state index contributed by atoms with van der Waals surface area (Å²) in [7, 11) is 2.03. The summed E-state index contributed by atoms with van der Waals surface area (Å²) in [6.07, 6.45) is 3.67. The highest BCUT2D eigenvalue weighted by atomic mass is 35.5. The molecule has 2 aromatic carbocycles. The summed E-state index contributed by atoms with van der Waals surface area (Å²) in [6.45, 7) is 2.22. The maximum atomic E-state index is 11.0. The third-order valence-electron chi connectivity index (χ3n) is 5.16. The number of hydrogen-bond acceptors (Lipinski definition) is 5. The Kier molecular flexibility index (Phi) is 8.79. The van der Waals surface area contributed by atoms with Crippen LogP contribution in [0.4, 0.5) is 11.4 Å². The van der Waals surface area contributed by atoms with Gasteiger partial charge >= 0.3 is 0 Å². The predicted octanol–water partition coefficient (Wildman–Crippen LogP) is 4.03. The number of alkyl halides is 2. The standard InChI is InChI=1S/C23H27Cl2N5O2/c1-29-21-8-7-19(30(14-11-24)15-12-25)16-20(21)27-22(29)10-13-26-18-5-2-17(3-6-18)4-9-23(31)28-32/h2-9,16,26,32H,10-15H2,1H3,(H,28,31)/b9-4+. The number of aryl methyl sites for hydroxylation is 1. The number of carbonyl (C=O) groups is 1. The predicted molar refractivity (Wildman–Crippen MR) is 132 cm³/mol. The number of aromatic nitrogens is 2. The normalized spacial score (nSPS) is 11.2. The second-order valence-electron chi connectivity index (χ2n) is 7.23. The van der Waals surface area contributed by atoms with E-state index in [1.54, 1.807) is 11.6 Å². The number of nitrogens with zero attached hydrogens (tertiary/aromatic N) is 3. The van der Waals surface area contributed by atoms with Gasteiger partial charge < -0.3 is 14.8 Å². The lowest BCUT2D eigenvalue weighted by molar-refractivity contribution is -0.124. The first-order valence-electron chi connectivity index (χ1n) is 10.3. The zero-order chi connectivity index (χ0) is 22.9. The molecule has 1 amide bonds. The fraction of sp³-hybridized carbons (Fsp3) is 0.304. The van der Waals surface area contributed by atoms with E-state index in [9.17, 15) is 4.79 Å². The lowest BCUT2D eigenvalue weighted by Gasteiger charge is -2.22. The number of hydrogen-bond donors (Lipinski definition) is 3. The van der Waals surface area contributed by atoms with Gasteiger partial charge in [-0.3, -0.25) is 10.0 Å². The molecule has 1 aromatic heterocycles. The molecule has 0 fully saturated rings. The van der Waals surface area contributed by atoms with Crippen molar-refractivity contribution in [1.82, 2.24) is 15.0 Å². The molecule has 0 aliphatic carbocycles. The Bertz CT molecular complexity index is 1060. The van der Waals surface area contributed by atoms with Gasteiger partial charge in [0, 0.05) is 62.3 Å². The van der Waals surface area contributed by atoms with Crippen LogP contribution in [0, 0.1) is 0 Å². The van der Waals surface area contributed by atoms with E-state index in [1.807, 2.05) is 31.3 Å². The monoisotopic (exact) mass is 475 g/mol. The van der Waals surface area contributed by atoms with Crippen LogP contribution in [0.5, 0.6) is 0 Å². The summed E-state index contributed by atoms with van der Waals surface area (Å²) in [4.78, 5) is 18.1. The first-order valence-corrected chi connectivity index (χ1v) is 11.4. The molecule has 3 rings (SSSR count). The molecule has 7 nitrogen and oxygen atoms in total. The fourth-order valence-corrected chi connectivity index (χ4v) is 3.88. The number of nitrogens with one attached hydrogen (secondary N) is 2. The van der Waals surface area contributed by atoms with Crippen molar-refractivity contribution in [3.05, 3.63) is 59.9 Å². The molecular weight excluding hydrogens is 449 g/mol. The molecule has 0 bridgehead atoms. The number of halogens is 2. The molecule has 0 aliphatic heterocycles. The number of rotatable bonds is 11. The molecule has 0 atom stereocenters. The zero-order valence-corrected chi connectivity index (χ0v) is 19.4. The molecule has 170 valence electrons. The highest BCUT2D eigenvalue weighted by Crippen LogP contribution is 2.23. The second-order valence-corrected chi connectivity index (χ2v) is 7.99. The summed E-state index contributed by atoms with van der Waals surface area (Å²) >= 11 is 11.9. The quantitative estimate of drug-likeness (QED) is 0.169. The van der Waals surface area contributed by atoms with Gasteiger partial charge in [-0.25, -0.2) is 10.5 Å². The number of benzene rings is 2. The number of fused-ring (bicyclic) bond motifs is 1. The molecule has 0 unspecified atom stereocenters. The SMILES string of the molecule is Cn1c(CCNc2ccc(/C=C/C(=O)NO)cc2)nc2cc(N(CCCl)CCCl)ccc21. The summed E-state index contributed by atoms with van der Waals surface area (Å²) in [5.41, 5.74) is 6.53. The Morgan fingerprint density at radius 2 is 1.88 bits per heavy atom. The van der Waals surface area contributed by atoms with Gasteiger partial charge in [0.05, 0.1) is 11.0 Å². The summed E-state index contributed by atoms with van der Waals surface area (Å²) in [6, 6.07) is 14.0. The lowest BCUT2D eigenvalue weighted by atomic mass is 10.2. The molecular formula is C23H27Cl2N5O2. The average molecular weight is 476 g/mol. The van der Waals surface area contributed by atoms with E-state index < -0.39 is 5.91 Å². The van der Waals surface area contributed by atoms with Gasteiger partial charge in [-0.2, -0.15) is 0 Å². The van der Waals surface area contributed by atoms with Crippen molar-refractivity contribution in [3.8, 4) is 0 Å². The van der Waals surface area contributed by atoms with Gasteiger partial charge in [0.2, 0.25) is 0 Å². The number of carbonyl (C=O) groups excluding carboxylic acids is 1. The maximum absolute atomic E-state index is 11.0. The molecule has 1 heterocycles. The first-order chi connectivity index (χ1) is 15.5. The topological polar surface area (TPSA) is 82.4 Å². The summed E-state index contributed by atoms with van der Waals surface area (Å²) in [5.74, 6) is 1.53. The van der Waals surface area contributed by atoms with E-state index in [4.69, 9.17) is 33.4 Å². The Hall–Kier alpha value is -2.74. The largest absolute Gasteiger partial charge is 0.385 e. The maximum Gasteiger partial charge on any atom is 0.267 e. The summed E-state index contributed by atoms with van der Waals surface area (Å²) in [5, 5.41) is 11.9. The van der Waals surface area contributed by atoms with Gasteiger partial charge in [-0.05, 0) is 42.0 Å². The van der Waals surface area contributed by atoms with E-state index in [2.05, 4.69) is 33.0 Å². The van der Waals surface area contributed by atoms with Crippen LogP contribution in [-0.2, 0) is 18.3 Å². The van der Waals surface area contributed by atoms with Crippen molar-refractivity contribution in [3.63, 3.8) is 0 Å². The molecule has 0 radical (unpaired) electrons. The van der Waals surface area contributed by atoms with E-state index in [-0.39, 0.29) is 0 Å². The van der Waals surface area contributed by atoms with Gasteiger partial charge in [-0.15, -0.1) is 23.2 Å². The third-order valence-corrected chi connectivity index (χ3v) is 5.49. The van der Waals surface area contributed by atoms with Crippen LogP contribution in [0.1, 0.15) is 11.4 Å². The van der Waals surface area contributed by atoms with Crippen LogP contribution >= 0.6 is 23.2 Å². The smallest absolute Gasteiger partial charge is 0.267 e. The van der Waals surface area contributed by atoms with Crippen molar-refractivity contribution < 1.29 is 10.0 Å². The first kappa shape index (κ1) is 23.9. The highest BCUT2D eigenvalue weighted by Gasteiger charge is 2.11. The Morgan fingerprint density at radius 3 is 2.53 bits per heavy atom. The van der Waals surface area contributed by atoms with Crippen LogP contribution in [0.25, 0.3) is 17.1 Å². The third kappa shape index (κ3) is 6.16. The van der Waals surface area contributed by atoms with Crippen molar-refractivity contribution in [2.24, 2.45) is 7.05 Å². The van der Waals surface area contributed by atoms with Gasteiger partial charge in [0.1, 0.15) is 5.82 Å². The molecule has 3 aromatic rings. The number of anilines is 2. The van der Waals surface area contributed by atoms with Crippen LogP contribution in [0.2, 0.25) is 0 Å². The minimum Gasteiger partial charge on any atom is -0.385 e. The minimum atomic E-state index is -0.562. The van der Waals surface area contributed by atoms with Crippen molar-refractivity contribution >= 4 is 57.6 Å². The van der Waals surface area contributed by atoms with Crippen molar-refractivity contribution in [2.45, 2.75) is 6.42 Å². The van der Waals surface area contributed by atoms with Crippen LogP contribution in [-0.4, -0.2) is 52.1 Å². The van der Waals surface area contributed by atoms with Crippen molar-refractivity contribution in [1.29, 1.82) is 0 Å². The second kappa shape index (κ2) is 11.8. The van der Waals surface area contributed by atoms with Crippen LogP contribution in [0.3, 0.4) is 0 Å². The van der Waals surface area contributed by atoms with Gasteiger partial charge in [-0.1, -0.05) is 12.1 Å². The van der Waals surface area contributed by atoms with Crippen LogP contribution < -0.4 is 15.7 Å². The fourth-order valence-electron chi connectivity index (χ4n) is 3.47. The summed E-state index contributed by atoms with van der Waals surface area (Å²) < 4.78 is 2.12. The lowest BCUT2D eigenvalue weighted by Crippen LogP contribution is -2.27. The molecule has 3 N–H and O–H groups in total. The van der Waals surface area contributed by atoms with E-state index >= 15 is 0 Å². The minimum absolute atomic E-state index is 0.545. The Labute approximate surface area is 197 Å². The van der Waals surface area contributed by atoms with E-state index in [1.165, 1.54) is 6.08 Å². The molecule has 0 saturated heterocycles. The molecule has 0 aliphatic rings. The van der Waals surface area contributed by atoms with E-state index in [0.717, 1.165) is 59.9 Å². The average Bonchev–Trinajstić information content (AvgIpc) is 3.13. The highest BCUT2D eigenvalue weighted by molar-refractivity contribution is 6.18. The number of amides is 1. The number of imidazole rings is 1. The van der Waals surface area contributed by atoms with Gasteiger partial charge in [0.25, 0.3) is 5.91 Å².